The topological polar surface area (TPSA) is 117 Å². The number of aryl methyl sites for hydroxylation is 1. The summed E-state index contributed by atoms with van der Waals surface area (Å²) in [6.45, 7) is -0.279. The Morgan fingerprint density at radius 1 is 1.12 bits per heavy atom. The summed E-state index contributed by atoms with van der Waals surface area (Å²) in [5.41, 5.74) is 7.10. The van der Waals surface area contributed by atoms with Crippen LogP contribution in [0.2, 0.25) is 0 Å². The predicted octanol–water partition coefficient (Wildman–Crippen LogP) is 2.47. The summed E-state index contributed by atoms with van der Waals surface area (Å²) < 4.78 is 5.41. The maximum absolute atomic E-state index is 11.9. The van der Waals surface area contributed by atoms with Gasteiger partial charge in [-0.3, -0.25) is 4.79 Å². The van der Waals surface area contributed by atoms with E-state index >= 15 is 0 Å². The monoisotopic (exact) mass is 338 g/mol. The Labute approximate surface area is 145 Å². The molecule has 0 saturated carbocycles. The summed E-state index contributed by atoms with van der Waals surface area (Å²) >= 11 is 0. The highest BCUT2D eigenvalue weighted by molar-refractivity contribution is 5.99. The summed E-state index contributed by atoms with van der Waals surface area (Å²) in [6.07, 6.45) is 0.865. The van der Waals surface area contributed by atoms with E-state index in [1.54, 1.807) is 0 Å². The SMILES string of the molecule is N#CCOC(=C(CCc1ccccc1)C(N)=O)c1ccc(O)c(O)c1. The van der Waals surface area contributed by atoms with Crippen LogP contribution in [0.15, 0.2) is 54.1 Å². The second-order valence-corrected chi connectivity index (χ2v) is 5.31. The van der Waals surface area contributed by atoms with Gasteiger partial charge >= 0.3 is 0 Å². The van der Waals surface area contributed by atoms with Gasteiger partial charge < -0.3 is 20.7 Å². The molecule has 0 aliphatic rings. The van der Waals surface area contributed by atoms with Gasteiger partial charge in [-0.2, -0.15) is 5.26 Å². The molecule has 25 heavy (non-hydrogen) atoms. The molecule has 0 atom stereocenters. The average Bonchev–Trinajstić information content (AvgIpc) is 2.61. The van der Waals surface area contributed by atoms with Crippen molar-refractivity contribution in [3.63, 3.8) is 0 Å². The molecule has 0 aliphatic heterocycles. The molecule has 4 N–H and O–H groups in total. The highest BCUT2D eigenvalue weighted by Crippen LogP contribution is 2.31. The summed E-state index contributed by atoms with van der Waals surface area (Å²) in [4.78, 5) is 11.9. The Morgan fingerprint density at radius 2 is 1.84 bits per heavy atom. The molecule has 6 heteroatoms. The molecule has 1 amide bonds. The van der Waals surface area contributed by atoms with Crippen molar-refractivity contribution in [3.8, 4) is 17.6 Å². The van der Waals surface area contributed by atoms with Gasteiger partial charge in [-0.1, -0.05) is 30.3 Å². The van der Waals surface area contributed by atoms with Crippen molar-refractivity contribution >= 4 is 11.7 Å². The first kappa shape index (κ1) is 17.9. The van der Waals surface area contributed by atoms with Gasteiger partial charge in [0.05, 0.1) is 5.57 Å². The van der Waals surface area contributed by atoms with Gasteiger partial charge in [-0.05, 0) is 36.6 Å². The molecule has 0 heterocycles. The van der Waals surface area contributed by atoms with Gasteiger partial charge in [-0.15, -0.1) is 0 Å². The first-order valence-electron chi connectivity index (χ1n) is 7.62. The molecule has 0 saturated heterocycles. The number of primary amides is 1. The molecule has 0 radical (unpaired) electrons. The van der Waals surface area contributed by atoms with Crippen LogP contribution in [-0.4, -0.2) is 22.7 Å². The number of amides is 1. The van der Waals surface area contributed by atoms with Crippen LogP contribution in [0.4, 0.5) is 0 Å². The molecular weight excluding hydrogens is 320 g/mol. The van der Waals surface area contributed by atoms with Crippen LogP contribution in [0.1, 0.15) is 17.5 Å². The molecule has 0 bridgehead atoms. The van der Waals surface area contributed by atoms with E-state index in [0.29, 0.717) is 18.4 Å². The third kappa shape index (κ3) is 4.75. The fourth-order valence-electron chi connectivity index (χ4n) is 2.38. The second-order valence-electron chi connectivity index (χ2n) is 5.31. The number of nitrogens with two attached hydrogens (primary N) is 1. The van der Waals surface area contributed by atoms with Gasteiger partial charge in [-0.25, -0.2) is 0 Å². The maximum atomic E-state index is 11.9. The lowest BCUT2D eigenvalue weighted by Crippen LogP contribution is -2.17. The van der Waals surface area contributed by atoms with Crippen LogP contribution in [0.25, 0.3) is 5.76 Å². The van der Waals surface area contributed by atoms with Gasteiger partial charge in [0, 0.05) is 5.56 Å². The molecule has 2 aromatic carbocycles. The molecule has 128 valence electrons. The van der Waals surface area contributed by atoms with E-state index in [9.17, 15) is 15.0 Å². The van der Waals surface area contributed by atoms with E-state index in [0.717, 1.165) is 5.56 Å². The zero-order valence-electron chi connectivity index (χ0n) is 13.5. The zero-order chi connectivity index (χ0) is 18.2. The number of hydrogen-bond acceptors (Lipinski definition) is 5. The Balaban J connectivity index is 2.41. The van der Waals surface area contributed by atoms with E-state index < -0.39 is 5.91 Å². The van der Waals surface area contributed by atoms with Crippen LogP contribution in [-0.2, 0) is 16.0 Å². The molecule has 0 aromatic heterocycles. The number of rotatable bonds is 7. The number of ether oxygens (including phenoxy) is 1. The lowest BCUT2D eigenvalue weighted by Gasteiger charge is -2.14. The highest BCUT2D eigenvalue weighted by Gasteiger charge is 2.18. The molecule has 0 aliphatic carbocycles. The first-order chi connectivity index (χ1) is 12.0. The van der Waals surface area contributed by atoms with Crippen molar-refractivity contribution in [1.82, 2.24) is 0 Å². The van der Waals surface area contributed by atoms with Crippen molar-refractivity contribution in [2.45, 2.75) is 12.8 Å². The number of carbonyl (C=O) groups is 1. The van der Waals surface area contributed by atoms with E-state index in [4.69, 9.17) is 15.7 Å². The zero-order valence-corrected chi connectivity index (χ0v) is 13.5. The molecule has 0 fully saturated rings. The predicted molar refractivity (Wildman–Crippen MR) is 92.2 cm³/mol. The number of phenols is 2. The van der Waals surface area contributed by atoms with Crippen molar-refractivity contribution < 1.29 is 19.7 Å². The van der Waals surface area contributed by atoms with Gasteiger partial charge in [0.25, 0.3) is 0 Å². The van der Waals surface area contributed by atoms with E-state index in [2.05, 4.69) is 0 Å². The third-order valence-electron chi connectivity index (χ3n) is 3.60. The molecule has 6 nitrogen and oxygen atoms in total. The van der Waals surface area contributed by atoms with Crippen LogP contribution in [0.3, 0.4) is 0 Å². The van der Waals surface area contributed by atoms with Crippen molar-refractivity contribution in [1.29, 1.82) is 5.26 Å². The van der Waals surface area contributed by atoms with Crippen LogP contribution < -0.4 is 5.73 Å². The quantitative estimate of drug-likeness (QED) is 0.407. The first-order valence-corrected chi connectivity index (χ1v) is 7.62. The Bertz CT molecular complexity index is 823. The minimum atomic E-state index is -0.670. The maximum Gasteiger partial charge on any atom is 0.248 e. The second kappa shape index (κ2) is 8.41. The Kier molecular flexibility index (Phi) is 6.02. The number of nitriles is 1. The van der Waals surface area contributed by atoms with Crippen LogP contribution in [0, 0.1) is 11.3 Å². The number of hydrogen-bond donors (Lipinski definition) is 3. The summed E-state index contributed by atoms with van der Waals surface area (Å²) in [6, 6.07) is 15.4. The van der Waals surface area contributed by atoms with Gasteiger partial charge in [0.15, 0.2) is 18.1 Å². The smallest absolute Gasteiger partial charge is 0.248 e. The minimum Gasteiger partial charge on any atom is -0.504 e. The Hall–Kier alpha value is -3.46. The number of aromatic hydroxyl groups is 2. The largest absolute Gasteiger partial charge is 0.504 e. The van der Waals surface area contributed by atoms with E-state index in [1.807, 2.05) is 36.4 Å². The highest BCUT2D eigenvalue weighted by atomic mass is 16.5. The van der Waals surface area contributed by atoms with Crippen LogP contribution >= 0.6 is 0 Å². The van der Waals surface area contributed by atoms with Crippen LogP contribution in [0.5, 0.6) is 11.5 Å². The molecule has 0 unspecified atom stereocenters. The molecule has 2 rings (SSSR count). The number of benzene rings is 2. The molecule has 0 spiro atoms. The number of phenolic OH excluding ortho intramolecular Hbond substituents is 2. The Morgan fingerprint density at radius 3 is 2.44 bits per heavy atom. The van der Waals surface area contributed by atoms with Crippen molar-refractivity contribution in [2.75, 3.05) is 6.61 Å². The summed E-state index contributed by atoms with van der Waals surface area (Å²) in [5.74, 6) is -1.20. The standard InChI is InChI=1S/C19H18N2O4/c20-10-11-25-18(14-7-9-16(22)17(23)12-14)15(19(21)24)8-6-13-4-2-1-3-5-13/h1-5,7,9,12,22-23H,6,8,11H2,(H2,21,24). The number of nitrogens with zero attached hydrogens (tertiary/aromatic N) is 1. The summed E-state index contributed by atoms with van der Waals surface area (Å²) in [7, 11) is 0. The van der Waals surface area contributed by atoms with E-state index in [-0.39, 0.29) is 29.4 Å². The molecular formula is C19H18N2O4. The van der Waals surface area contributed by atoms with Gasteiger partial charge in [0.1, 0.15) is 11.8 Å². The third-order valence-corrected chi connectivity index (χ3v) is 3.60. The fraction of sp³-hybridized carbons (Fsp3) is 0.158. The number of carbonyl (C=O) groups excluding carboxylic acids is 1. The summed E-state index contributed by atoms with van der Waals surface area (Å²) in [5, 5.41) is 27.9. The lowest BCUT2D eigenvalue weighted by molar-refractivity contribution is -0.114. The minimum absolute atomic E-state index is 0.125. The molecule has 2 aromatic rings. The van der Waals surface area contributed by atoms with Crippen molar-refractivity contribution in [3.05, 3.63) is 65.2 Å². The van der Waals surface area contributed by atoms with E-state index in [1.165, 1.54) is 18.2 Å². The average molecular weight is 338 g/mol. The normalized spacial score (nSPS) is 11.3. The fourth-order valence-corrected chi connectivity index (χ4v) is 2.38. The van der Waals surface area contributed by atoms with Crippen molar-refractivity contribution in [2.24, 2.45) is 5.73 Å². The lowest BCUT2D eigenvalue weighted by atomic mass is 10.00. The van der Waals surface area contributed by atoms with Gasteiger partial charge in [0.2, 0.25) is 5.91 Å².